The van der Waals surface area contributed by atoms with Crippen molar-refractivity contribution in [2.45, 2.75) is 52.4 Å². The van der Waals surface area contributed by atoms with Crippen molar-refractivity contribution in [1.29, 1.82) is 0 Å². The molecule has 0 unspecified atom stereocenters. The van der Waals surface area contributed by atoms with Crippen molar-refractivity contribution in [3.05, 3.63) is 35.8 Å². The Kier molecular flexibility index (Phi) is 4.44. The van der Waals surface area contributed by atoms with Crippen LogP contribution in [0.1, 0.15) is 34.6 Å². The van der Waals surface area contributed by atoms with Crippen LogP contribution in [0.3, 0.4) is 0 Å². The lowest BCUT2D eigenvalue weighted by molar-refractivity contribution is 0.00578. The first-order chi connectivity index (χ1) is 11.7. The fourth-order valence-corrected chi connectivity index (χ4v) is 3.05. The highest BCUT2D eigenvalue weighted by atomic mass is 16.7. The van der Waals surface area contributed by atoms with Crippen LogP contribution in [0.4, 0.5) is 5.69 Å². The third-order valence-electron chi connectivity index (χ3n) is 5.35. The Morgan fingerprint density at radius 3 is 2.44 bits per heavy atom. The number of nitrogens with zero attached hydrogens (tertiary/aromatic N) is 2. The zero-order valence-electron chi connectivity index (χ0n) is 15.5. The zero-order valence-corrected chi connectivity index (χ0v) is 15.5. The van der Waals surface area contributed by atoms with Gasteiger partial charge in [0.25, 0.3) is 0 Å². The van der Waals surface area contributed by atoms with E-state index in [0.29, 0.717) is 12.2 Å². The summed E-state index contributed by atoms with van der Waals surface area (Å²) >= 11 is 0. The van der Waals surface area contributed by atoms with Crippen molar-refractivity contribution >= 4 is 29.2 Å². The first-order valence-corrected chi connectivity index (χ1v) is 8.65. The smallest absolute Gasteiger partial charge is 0.399 e. The van der Waals surface area contributed by atoms with Crippen molar-refractivity contribution in [2.75, 3.05) is 6.61 Å². The highest BCUT2D eigenvalue weighted by molar-refractivity contribution is 6.62. The van der Waals surface area contributed by atoms with Crippen molar-refractivity contribution < 1.29 is 14.4 Å². The molecule has 5 nitrogen and oxygen atoms in total. The van der Waals surface area contributed by atoms with Crippen LogP contribution in [0.25, 0.3) is 15.7 Å². The molecule has 2 heterocycles. The highest BCUT2D eigenvalue weighted by Crippen LogP contribution is 2.37. The summed E-state index contributed by atoms with van der Waals surface area (Å²) in [6.07, 6.45) is 1.86. The van der Waals surface area contributed by atoms with Gasteiger partial charge in [-0.2, -0.15) is 0 Å². The maximum absolute atomic E-state index is 9.36. The van der Waals surface area contributed by atoms with Crippen LogP contribution in [0.5, 0.6) is 0 Å². The Bertz CT molecular complexity index is 819. The van der Waals surface area contributed by atoms with E-state index in [1.807, 2.05) is 63.6 Å². The van der Waals surface area contributed by atoms with Gasteiger partial charge in [-0.1, -0.05) is 19.1 Å². The number of hydrogen-bond acceptors (Lipinski definition) is 3. The SMILES string of the molecule is [C-]#[N+]c1cn(C[C@H](C)CO)c2cc(B3OC(C)(C)C(C)(C)O3)ccc12. The molecular weight excluding hydrogens is 315 g/mol. The first-order valence-electron chi connectivity index (χ1n) is 8.65. The van der Waals surface area contributed by atoms with Crippen molar-refractivity contribution in [3.63, 3.8) is 0 Å². The van der Waals surface area contributed by atoms with Gasteiger partial charge in [0.15, 0.2) is 0 Å². The lowest BCUT2D eigenvalue weighted by Crippen LogP contribution is -2.41. The van der Waals surface area contributed by atoms with E-state index in [2.05, 4.69) is 4.85 Å². The van der Waals surface area contributed by atoms with Crippen LogP contribution in [-0.2, 0) is 15.9 Å². The second-order valence-electron chi connectivity index (χ2n) is 7.93. The number of aliphatic hydroxyl groups excluding tert-OH is 1. The average molecular weight is 340 g/mol. The molecule has 1 aliphatic rings. The summed E-state index contributed by atoms with van der Waals surface area (Å²) in [4.78, 5) is 3.63. The molecule has 0 bridgehead atoms. The van der Waals surface area contributed by atoms with Gasteiger partial charge in [0.05, 0.1) is 17.8 Å². The van der Waals surface area contributed by atoms with Crippen LogP contribution >= 0.6 is 0 Å². The Labute approximate surface area is 149 Å². The number of benzene rings is 1. The molecule has 1 aromatic heterocycles. The Morgan fingerprint density at radius 1 is 1.24 bits per heavy atom. The number of rotatable bonds is 4. The van der Waals surface area contributed by atoms with Crippen LogP contribution in [-0.4, -0.2) is 34.6 Å². The molecule has 0 radical (unpaired) electrons. The van der Waals surface area contributed by atoms with Crippen molar-refractivity contribution in [2.24, 2.45) is 5.92 Å². The molecule has 1 saturated heterocycles. The Hall–Kier alpha value is -1.81. The van der Waals surface area contributed by atoms with E-state index < -0.39 is 7.12 Å². The minimum absolute atomic E-state index is 0.115. The van der Waals surface area contributed by atoms with Gasteiger partial charge in [-0.25, -0.2) is 4.85 Å². The van der Waals surface area contributed by atoms with E-state index in [1.165, 1.54) is 0 Å². The molecule has 0 amide bonds. The normalized spacial score (nSPS) is 20.0. The van der Waals surface area contributed by atoms with Gasteiger partial charge >= 0.3 is 7.12 Å². The van der Waals surface area contributed by atoms with Crippen LogP contribution in [0, 0.1) is 12.5 Å². The Morgan fingerprint density at radius 2 is 1.88 bits per heavy atom. The lowest BCUT2D eigenvalue weighted by atomic mass is 9.79. The molecule has 0 saturated carbocycles. The van der Waals surface area contributed by atoms with Crippen molar-refractivity contribution in [1.82, 2.24) is 4.57 Å². The molecule has 1 aromatic carbocycles. The van der Waals surface area contributed by atoms with Crippen LogP contribution in [0.2, 0.25) is 0 Å². The third kappa shape index (κ3) is 3.08. The van der Waals surface area contributed by atoms with Crippen LogP contribution < -0.4 is 5.46 Å². The molecule has 1 atom stereocenters. The maximum atomic E-state index is 9.36. The largest absolute Gasteiger partial charge is 0.494 e. The molecule has 1 N–H and O–H groups in total. The van der Waals surface area contributed by atoms with Gasteiger partial charge in [-0.05, 0) is 45.1 Å². The molecule has 1 aliphatic heterocycles. The molecule has 25 heavy (non-hydrogen) atoms. The number of aliphatic hydroxyl groups is 1. The van der Waals surface area contributed by atoms with E-state index >= 15 is 0 Å². The first kappa shape index (κ1) is 18.0. The van der Waals surface area contributed by atoms with Crippen LogP contribution in [0.15, 0.2) is 24.4 Å². The maximum Gasteiger partial charge on any atom is 0.494 e. The molecule has 0 aliphatic carbocycles. The second kappa shape index (κ2) is 6.17. The molecule has 6 heteroatoms. The summed E-state index contributed by atoms with van der Waals surface area (Å²) in [5.74, 6) is 0.120. The molecule has 132 valence electrons. The van der Waals surface area contributed by atoms with Gasteiger partial charge in [-0.15, -0.1) is 0 Å². The predicted molar refractivity (Wildman–Crippen MR) is 100 cm³/mol. The third-order valence-corrected chi connectivity index (χ3v) is 5.35. The highest BCUT2D eigenvalue weighted by Gasteiger charge is 2.51. The van der Waals surface area contributed by atoms with Gasteiger partial charge in [-0.3, -0.25) is 0 Å². The quantitative estimate of drug-likeness (QED) is 0.687. The van der Waals surface area contributed by atoms with E-state index in [1.54, 1.807) is 0 Å². The molecule has 1 fully saturated rings. The van der Waals surface area contributed by atoms with Gasteiger partial charge < -0.3 is 19.0 Å². The lowest BCUT2D eigenvalue weighted by Gasteiger charge is -2.32. The topological polar surface area (TPSA) is 48.0 Å². The molecule has 3 rings (SSSR count). The average Bonchev–Trinajstić information content (AvgIpc) is 3.00. The van der Waals surface area contributed by atoms with Gasteiger partial charge in [0, 0.05) is 30.3 Å². The number of fused-ring (bicyclic) bond motifs is 1. The molecule has 0 spiro atoms. The fourth-order valence-electron chi connectivity index (χ4n) is 3.05. The summed E-state index contributed by atoms with van der Waals surface area (Å²) in [7, 11) is -0.426. The number of hydrogen-bond donors (Lipinski definition) is 1. The molecular formula is C19H25BN2O3. The predicted octanol–water partition coefficient (Wildman–Crippen LogP) is 3.12. The van der Waals surface area contributed by atoms with E-state index in [4.69, 9.17) is 15.9 Å². The monoisotopic (exact) mass is 340 g/mol. The second-order valence-corrected chi connectivity index (χ2v) is 7.93. The van der Waals surface area contributed by atoms with Crippen molar-refractivity contribution in [3.8, 4) is 0 Å². The van der Waals surface area contributed by atoms with Gasteiger partial charge in [0.2, 0.25) is 5.69 Å². The summed E-state index contributed by atoms with van der Waals surface area (Å²) in [5, 5.41) is 10.3. The number of aromatic nitrogens is 1. The summed E-state index contributed by atoms with van der Waals surface area (Å²) < 4.78 is 14.3. The zero-order chi connectivity index (χ0) is 18.4. The van der Waals surface area contributed by atoms with Gasteiger partial charge in [0.1, 0.15) is 0 Å². The van der Waals surface area contributed by atoms with E-state index in [9.17, 15) is 5.11 Å². The minimum Gasteiger partial charge on any atom is -0.399 e. The van der Waals surface area contributed by atoms with E-state index in [-0.39, 0.29) is 23.7 Å². The Balaban J connectivity index is 2.02. The summed E-state index contributed by atoms with van der Waals surface area (Å²) in [5.41, 5.74) is 1.77. The summed E-state index contributed by atoms with van der Waals surface area (Å²) in [6, 6.07) is 5.97. The summed E-state index contributed by atoms with van der Waals surface area (Å²) in [6.45, 7) is 18.3. The van der Waals surface area contributed by atoms with E-state index in [0.717, 1.165) is 16.4 Å². The fraction of sp³-hybridized carbons (Fsp3) is 0.526. The molecule has 2 aromatic rings. The minimum atomic E-state index is -0.426. The standard InChI is InChI=1S/C19H25BN2O3/c1-13(12-23)10-22-11-16(21-6)15-8-7-14(9-17(15)22)20-24-18(2,3)19(4,5)25-20/h7-9,11,13,23H,10,12H2,1-5H3/t13-/m0/s1.